The fourth-order valence-corrected chi connectivity index (χ4v) is 1.72. The van der Waals surface area contributed by atoms with Crippen LogP contribution in [-0.2, 0) is 0 Å². The number of rotatable bonds is 2. The first-order chi connectivity index (χ1) is 4.79. The van der Waals surface area contributed by atoms with Crippen LogP contribution in [0.15, 0.2) is 0 Å². The van der Waals surface area contributed by atoms with Gasteiger partial charge in [-0.15, -0.1) is 0 Å². The van der Waals surface area contributed by atoms with Gasteiger partial charge in [0.15, 0.2) is 0 Å². The second-order valence-corrected chi connectivity index (χ2v) is 3.22. The quantitative estimate of drug-likeness (QED) is 0.565. The molecular weight excluding hydrogens is 127 g/mol. The summed E-state index contributed by atoms with van der Waals surface area (Å²) in [5.74, 6) is 0.578. The van der Waals surface area contributed by atoms with E-state index in [0.717, 1.165) is 0 Å². The lowest BCUT2D eigenvalue weighted by atomic mass is 9.73. The molecule has 1 aliphatic rings. The molecule has 0 aliphatic heterocycles. The monoisotopic (exact) mass is 142 g/mol. The average molecular weight is 142 g/mol. The minimum absolute atomic E-state index is 0.578. The molecule has 0 amide bonds. The molecule has 1 fully saturated rings. The highest BCUT2D eigenvalue weighted by Gasteiger charge is 2.18. The van der Waals surface area contributed by atoms with E-state index in [2.05, 4.69) is 0 Å². The molecule has 58 valence electrons. The highest BCUT2D eigenvalue weighted by atomic mass is 16.4. The Kier molecular flexibility index (Phi) is 3.22. The molecule has 0 radical (unpaired) electrons. The van der Waals surface area contributed by atoms with Crippen molar-refractivity contribution < 1.29 is 10.0 Å². The molecule has 0 saturated heterocycles. The van der Waals surface area contributed by atoms with Crippen molar-refractivity contribution in [3.8, 4) is 0 Å². The Bertz CT molecular complexity index is 89.6. The molecule has 1 aliphatic carbocycles. The number of hydrogen-bond donors (Lipinski definition) is 2. The Morgan fingerprint density at radius 3 is 2.20 bits per heavy atom. The highest BCUT2D eigenvalue weighted by molar-refractivity contribution is 6.41. The van der Waals surface area contributed by atoms with Crippen LogP contribution in [0.5, 0.6) is 0 Å². The maximum absolute atomic E-state index is 8.66. The summed E-state index contributed by atoms with van der Waals surface area (Å²) in [4.78, 5) is 0. The van der Waals surface area contributed by atoms with Gasteiger partial charge in [-0.05, 0) is 12.2 Å². The number of hydrogen-bond acceptors (Lipinski definition) is 2. The first-order valence-electron chi connectivity index (χ1n) is 4.15. The molecule has 2 N–H and O–H groups in total. The van der Waals surface area contributed by atoms with Crippen LogP contribution >= 0.6 is 0 Å². The largest absolute Gasteiger partial charge is 0.451 e. The molecule has 1 saturated carbocycles. The zero-order valence-corrected chi connectivity index (χ0v) is 6.29. The van der Waals surface area contributed by atoms with Crippen LogP contribution in [-0.4, -0.2) is 17.2 Å². The second-order valence-electron chi connectivity index (χ2n) is 3.22. The standard InChI is InChI=1S/C7H15BO2/c9-8(10)6-7-4-2-1-3-5-7/h7,9-10H,1-6H2. The second kappa shape index (κ2) is 3.99. The van der Waals surface area contributed by atoms with E-state index in [-0.39, 0.29) is 0 Å². The highest BCUT2D eigenvalue weighted by Crippen LogP contribution is 2.26. The van der Waals surface area contributed by atoms with Crippen LogP contribution in [0.1, 0.15) is 32.1 Å². The van der Waals surface area contributed by atoms with Crippen molar-refractivity contribution >= 4 is 7.12 Å². The van der Waals surface area contributed by atoms with Crippen molar-refractivity contribution in [1.29, 1.82) is 0 Å². The predicted molar refractivity (Wildman–Crippen MR) is 41.6 cm³/mol. The molecule has 0 aromatic heterocycles. The topological polar surface area (TPSA) is 40.5 Å². The summed E-state index contributed by atoms with van der Waals surface area (Å²) >= 11 is 0. The summed E-state index contributed by atoms with van der Waals surface area (Å²) in [7, 11) is -1.08. The summed E-state index contributed by atoms with van der Waals surface area (Å²) in [5, 5.41) is 17.3. The van der Waals surface area contributed by atoms with Gasteiger partial charge in [0.25, 0.3) is 0 Å². The molecule has 0 heterocycles. The molecule has 2 nitrogen and oxygen atoms in total. The van der Waals surface area contributed by atoms with Crippen molar-refractivity contribution in [3.63, 3.8) is 0 Å². The van der Waals surface area contributed by atoms with Gasteiger partial charge in [-0.2, -0.15) is 0 Å². The lowest BCUT2D eigenvalue weighted by Crippen LogP contribution is -2.18. The Morgan fingerprint density at radius 1 is 1.10 bits per heavy atom. The van der Waals surface area contributed by atoms with E-state index < -0.39 is 7.12 Å². The average Bonchev–Trinajstić information content (AvgIpc) is 1.88. The SMILES string of the molecule is OB(O)CC1CCCCC1. The smallest absolute Gasteiger partial charge is 0.427 e. The normalized spacial score (nSPS) is 21.0. The van der Waals surface area contributed by atoms with Gasteiger partial charge in [0.2, 0.25) is 0 Å². The van der Waals surface area contributed by atoms with Gasteiger partial charge in [-0.3, -0.25) is 0 Å². The van der Waals surface area contributed by atoms with Crippen molar-refractivity contribution in [2.24, 2.45) is 5.92 Å². The fourth-order valence-electron chi connectivity index (χ4n) is 1.72. The van der Waals surface area contributed by atoms with Gasteiger partial charge in [0.1, 0.15) is 0 Å². The van der Waals surface area contributed by atoms with E-state index in [1.165, 1.54) is 32.1 Å². The molecule has 0 bridgehead atoms. The van der Waals surface area contributed by atoms with Crippen molar-refractivity contribution in [3.05, 3.63) is 0 Å². The van der Waals surface area contributed by atoms with Crippen LogP contribution in [0.3, 0.4) is 0 Å². The van der Waals surface area contributed by atoms with E-state index in [1.54, 1.807) is 0 Å². The van der Waals surface area contributed by atoms with Crippen LogP contribution in [0.2, 0.25) is 6.32 Å². The van der Waals surface area contributed by atoms with Crippen LogP contribution in [0, 0.1) is 5.92 Å². The van der Waals surface area contributed by atoms with Gasteiger partial charge in [-0.1, -0.05) is 32.1 Å². The Hall–Kier alpha value is -0.0151. The minimum atomic E-state index is -1.08. The van der Waals surface area contributed by atoms with Crippen molar-refractivity contribution in [2.75, 3.05) is 0 Å². The Balaban J connectivity index is 2.13. The van der Waals surface area contributed by atoms with E-state index in [9.17, 15) is 0 Å². The third-order valence-corrected chi connectivity index (χ3v) is 2.27. The molecule has 0 unspecified atom stereocenters. The zero-order valence-electron chi connectivity index (χ0n) is 6.29. The van der Waals surface area contributed by atoms with Crippen LogP contribution in [0.25, 0.3) is 0 Å². The molecule has 0 atom stereocenters. The Labute approximate surface area is 62.4 Å². The molecule has 10 heavy (non-hydrogen) atoms. The van der Waals surface area contributed by atoms with Crippen LogP contribution < -0.4 is 0 Å². The molecule has 1 rings (SSSR count). The molecule has 0 aromatic rings. The van der Waals surface area contributed by atoms with E-state index in [0.29, 0.717) is 12.2 Å². The Morgan fingerprint density at radius 2 is 1.70 bits per heavy atom. The lowest BCUT2D eigenvalue weighted by molar-refractivity contribution is 0.338. The zero-order chi connectivity index (χ0) is 7.40. The van der Waals surface area contributed by atoms with Gasteiger partial charge in [0, 0.05) is 0 Å². The summed E-state index contributed by atoms with van der Waals surface area (Å²) in [6.07, 6.45) is 6.85. The van der Waals surface area contributed by atoms with Gasteiger partial charge >= 0.3 is 7.12 Å². The van der Waals surface area contributed by atoms with Gasteiger partial charge < -0.3 is 10.0 Å². The predicted octanol–water partition coefficient (Wildman–Crippen LogP) is 1.04. The third kappa shape index (κ3) is 2.71. The van der Waals surface area contributed by atoms with Crippen molar-refractivity contribution in [2.45, 2.75) is 38.4 Å². The minimum Gasteiger partial charge on any atom is -0.427 e. The third-order valence-electron chi connectivity index (χ3n) is 2.27. The maximum Gasteiger partial charge on any atom is 0.451 e. The summed E-state index contributed by atoms with van der Waals surface area (Å²) in [6, 6.07) is 0. The van der Waals surface area contributed by atoms with E-state index in [4.69, 9.17) is 10.0 Å². The summed E-state index contributed by atoms with van der Waals surface area (Å²) in [5.41, 5.74) is 0. The van der Waals surface area contributed by atoms with Crippen LogP contribution in [0.4, 0.5) is 0 Å². The van der Waals surface area contributed by atoms with E-state index in [1.807, 2.05) is 0 Å². The molecule has 3 heteroatoms. The fraction of sp³-hybridized carbons (Fsp3) is 1.00. The molecule has 0 aromatic carbocycles. The van der Waals surface area contributed by atoms with E-state index >= 15 is 0 Å². The lowest BCUT2D eigenvalue weighted by Gasteiger charge is -2.20. The summed E-state index contributed by atoms with van der Waals surface area (Å²) in [6.45, 7) is 0. The molecular formula is C7H15BO2. The first kappa shape index (κ1) is 8.09. The first-order valence-corrected chi connectivity index (χ1v) is 4.15. The molecule has 0 spiro atoms. The summed E-state index contributed by atoms with van der Waals surface area (Å²) < 4.78 is 0. The van der Waals surface area contributed by atoms with Crippen molar-refractivity contribution in [1.82, 2.24) is 0 Å². The maximum atomic E-state index is 8.66. The van der Waals surface area contributed by atoms with Gasteiger partial charge in [-0.25, -0.2) is 0 Å². The van der Waals surface area contributed by atoms with Gasteiger partial charge in [0.05, 0.1) is 0 Å².